The molecule has 0 saturated heterocycles. The van der Waals surface area contributed by atoms with Crippen LogP contribution in [-0.2, 0) is 6.54 Å². The summed E-state index contributed by atoms with van der Waals surface area (Å²) in [7, 11) is 0. The Bertz CT molecular complexity index is 742. The minimum Gasteiger partial charge on any atom is -0.396 e. The Morgan fingerprint density at radius 3 is 2.67 bits per heavy atom. The molecule has 128 valence electrons. The highest BCUT2D eigenvalue weighted by molar-refractivity contribution is 6.32. The zero-order valence-corrected chi connectivity index (χ0v) is 14.3. The SMILES string of the molecule is O=c1c(Cl)c(NCC2(CCO)CCC2)cnn1Cc1ccccc1. The molecular formula is C18H22ClN3O2. The van der Waals surface area contributed by atoms with Crippen LogP contribution in [0.2, 0.25) is 5.02 Å². The molecule has 1 aliphatic carbocycles. The van der Waals surface area contributed by atoms with E-state index in [1.54, 1.807) is 6.20 Å². The average molecular weight is 348 g/mol. The number of aliphatic hydroxyl groups is 1. The molecule has 0 amide bonds. The Kier molecular flexibility index (Phi) is 5.21. The Balaban J connectivity index is 1.72. The van der Waals surface area contributed by atoms with Crippen LogP contribution in [-0.4, -0.2) is 28.0 Å². The van der Waals surface area contributed by atoms with Crippen molar-refractivity contribution in [1.82, 2.24) is 9.78 Å². The second kappa shape index (κ2) is 7.36. The van der Waals surface area contributed by atoms with Crippen molar-refractivity contribution < 1.29 is 5.11 Å². The van der Waals surface area contributed by atoms with Crippen molar-refractivity contribution in [2.45, 2.75) is 32.2 Å². The Morgan fingerprint density at radius 2 is 2.04 bits per heavy atom. The topological polar surface area (TPSA) is 67.2 Å². The fraction of sp³-hybridized carbons (Fsp3) is 0.444. The van der Waals surface area contributed by atoms with E-state index in [0.717, 1.165) is 24.8 Å². The summed E-state index contributed by atoms with van der Waals surface area (Å²) >= 11 is 6.25. The van der Waals surface area contributed by atoms with E-state index >= 15 is 0 Å². The summed E-state index contributed by atoms with van der Waals surface area (Å²) < 4.78 is 1.37. The van der Waals surface area contributed by atoms with Gasteiger partial charge in [0.15, 0.2) is 0 Å². The van der Waals surface area contributed by atoms with Crippen LogP contribution in [0.5, 0.6) is 0 Å². The third kappa shape index (κ3) is 3.62. The van der Waals surface area contributed by atoms with Gasteiger partial charge in [0.05, 0.1) is 18.4 Å². The number of nitrogens with zero attached hydrogens (tertiary/aromatic N) is 2. The van der Waals surface area contributed by atoms with E-state index in [9.17, 15) is 9.90 Å². The van der Waals surface area contributed by atoms with Crippen molar-refractivity contribution in [2.24, 2.45) is 5.41 Å². The van der Waals surface area contributed by atoms with Gasteiger partial charge in [-0.15, -0.1) is 0 Å². The molecule has 3 rings (SSSR count). The van der Waals surface area contributed by atoms with Gasteiger partial charge in [0.1, 0.15) is 5.02 Å². The lowest BCUT2D eigenvalue weighted by Gasteiger charge is -2.42. The molecule has 0 unspecified atom stereocenters. The van der Waals surface area contributed by atoms with Crippen LogP contribution in [0.4, 0.5) is 5.69 Å². The van der Waals surface area contributed by atoms with Gasteiger partial charge in [-0.1, -0.05) is 48.4 Å². The van der Waals surface area contributed by atoms with Crippen LogP contribution in [0, 0.1) is 5.41 Å². The molecular weight excluding hydrogens is 326 g/mol. The van der Waals surface area contributed by atoms with Gasteiger partial charge in [-0.05, 0) is 30.2 Å². The lowest BCUT2D eigenvalue weighted by atomic mass is 9.67. The summed E-state index contributed by atoms with van der Waals surface area (Å²) in [6, 6.07) is 9.68. The van der Waals surface area contributed by atoms with E-state index in [2.05, 4.69) is 10.4 Å². The number of benzene rings is 1. The Labute approximate surface area is 146 Å². The molecule has 0 atom stereocenters. The van der Waals surface area contributed by atoms with Gasteiger partial charge >= 0.3 is 0 Å². The average Bonchev–Trinajstić information content (AvgIpc) is 2.56. The predicted molar refractivity (Wildman–Crippen MR) is 95.5 cm³/mol. The van der Waals surface area contributed by atoms with E-state index in [1.807, 2.05) is 30.3 Å². The molecule has 5 nitrogen and oxygen atoms in total. The quantitative estimate of drug-likeness (QED) is 0.808. The summed E-state index contributed by atoms with van der Waals surface area (Å²) in [5, 5.41) is 16.9. The number of halogens is 1. The maximum Gasteiger partial charge on any atom is 0.287 e. The summed E-state index contributed by atoms with van der Waals surface area (Å²) in [5.74, 6) is 0. The molecule has 24 heavy (non-hydrogen) atoms. The van der Waals surface area contributed by atoms with Crippen molar-refractivity contribution in [3.63, 3.8) is 0 Å². The van der Waals surface area contributed by atoms with E-state index in [0.29, 0.717) is 18.8 Å². The number of aromatic nitrogens is 2. The lowest BCUT2D eigenvalue weighted by molar-refractivity contribution is 0.102. The third-order valence-corrected chi connectivity index (χ3v) is 5.24. The van der Waals surface area contributed by atoms with Crippen molar-refractivity contribution in [2.75, 3.05) is 18.5 Å². The molecule has 1 heterocycles. The predicted octanol–water partition coefficient (Wildman–Crippen LogP) is 2.91. The Hall–Kier alpha value is -1.85. The number of hydrogen-bond donors (Lipinski definition) is 2. The molecule has 1 aliphatic rings. The minimum absolute atomic E-state index is 0.122. The van der Waals surface area contributed by atoms with E-state index in [1.165, 1.54) is 11.1 Å². The maximum atomic E-state index is 12.4. The molecule has 0 spiro atoms. The van der Waals surface area contributed by atoms with Crippen LogP contribution in [0.3, 0.4) is 0 Å². The Morgan fingerprint density at radius 1 is 1.29 bits per heavy atom. The maximum absolute atomic E-state index is 12.4. The van der Waals surface area contributed by atoms with Crippen LogP contribution in [0.15, 0.2) is 41.3 Å². The second-order valence-corrected chi connectivity index (χ2v) is 6.88. The summed E-state index contributed by atoms with van der Waals surface area (Å²) in [6.07, 6.45) is 5.76. The second-order valence-electron chi connectivity index (χ2n) is 6.50. The van der Waals surface area contributed by atoms with E-state index in [-0.39, 0.29) is 22.6 Å². The van der Waals surface area contributed by atoms with E-state index in [4.69, 9.17) is 11.6 Å². The third-order valence-electron chi connectivity index (χ3n) is 4.87. The van der Waals surface area contributed by atoms with Crippen LogP contribution >= 0.6 is 11.6 Å². The number of anilines is 1. The van der Waals surface area contributed by atoms with Gasteiger partial charge in [0.25, 0.3) is 5.56 Å². The van der Waals surface area contributed by atoms with Crippen LogP contribution in [0.1, 0.15) is 31.2 Å². The molecule has 0 radical (unpaired) electrons. The highest BCUT2D eigenvalue weighted by Crippen LogP contribution is 2.43. The largest absolute Gasteiger partial charge is 0.396 e. The standard InChI is InChI=1S/C18H22ClN3O2/c19-16-15(20-13-18(9-10-23)7-4-8-18)11-21-22(17(16)24)12-14-5-2-1-3-6-14/h1-3,5-6,11,20,23H,4,7-10,12-13H2. The molecule has 1 aromatic carbocycles. The van der Waals surface area contributed by atoms with Crippen molar-refractivity contribution in [3.8, 4) is 0 Å². The highest BCUT2D eigenvalue weighted by Gasteiger charge is 2.36. The molecule has 2 aromatic rings. The van der Waals surface area contributed by atoms with Gasteiger partial charge in [-0.2, -0.15) is 5.10 Å². The number of nitrogens with one attached hydrogen (secondary N) is 1. The normalized spacial score (nSPS) is 15.8. The first kappa shape index (κ1) is 17.0. The first-order valence-electron chi connectivity index (χ1n) is 8.28. The fourth-order valence-corrected chi connectivity index (χ4v) is 3.38. The van der Waals surface area contributed by atoms with Crippen LogP contribution < -0.4 is 10.9 Å². The van der Waals surface area contributed by atoms with E-state index < -0.39 is 0 Å². The molecule has 2 N–H and O–H groups in total. The molecule has 1 aromatic heterocycles. The first-order valence-corrected chi connectivity index (χ1v) is 8.66. The molecule has 1 fully saturated rings. The van der Waals surface area contributed by atoms with Crippen molar-refractivity contribution in [1.29, 1.82) is 0 Å². The monoisotopic (exact) mass is 347 g/mol. The van der Waals surface area contributed by atoms with Gasteiger partial charge in [0, 0.05) is 13.2 Å². The highest BCUT2D eigenvalue weighted by atomic mass is 35.5. The molecule has 1 saturated carbocycles. The smallest absolute Gasteiger partial charge is 0.287 e. The lowest BCUT2D eigenvalue weighted by Crippen LogP contribution is -2.38. The zero-order chi connectivity index (χ0) is 17.0. The van der Waals surface area contributed by atoms with Crippen molar-refractivity contribution >= 4 is 17.3 Å². The number of rotatable bonds is 7. The number of hydrogen-bond acceptors (Lipinski definition) is 4. The fourth-order valence-electron chi connectivity index (χ4n) is 3.17. The molecule has 6 heteroatoms. The summed E-state index contributed by atoms with van der Waals surface area (Å²) in [5.41, 5.74) is 1.39. The minimum atomic E-state index is -0.296. The zero-order valence-electron chi connectivity index (χ0n) is 13.5. The summed E-state index contributed by atoms with van der Waals surface area (Å²) in [6.45, 7) is 1.29. The summed E-state index contributed by atoms with van der Waals surface area (Å²) in [4.78, 5) is 12.4. The number of aliphatic hydroxyl groups excluding tert-OH is 1. The first-order chi connectivity index (χ1) is 11.6. The molecule has 0 aliphatic heterocycles. The van der Waals surface area contributed by atoms with Crippen LogP contribution in [0.25, 0.3) is 0 Å². The van der Waals surface area contributed by atoms with Gasteiger partial charge in [0.2, 0.25) is 0 Å². The van der Waals surface area contributed by atoms with Crippen molar-refractivity contribution in [3.05, 3.63) is 57.5 Å². The van der Waals surface area contributed by atoms with Gasteiger partial charge in [-0.3, -0.25) is 4.79 Å². The van der Waals surface area contributed by atoms with Gasteiger partial charge in [-0.25, -0.2) is 4.68 Å². The molecule has 0 bridgehead atoms. The van der Waals surface area contributed by atoms with Gasteiger partial charge < -0.3 is 10.4 Å².